The van der Waals surface area contributed by atoms with Crippen molar-refractivity contribution in [2.75, 3.05) is 7.05 Å². The van der Waals surface area contributed by atoms with E-state index in [9.17, 15) is 14.4 Å². The average molecular weight is 306 g/mol. The SMILES string of the molecule is CNC(=O)NC(=O)[C@@H](OC(=O)CCC(C)C)c1ccccc1. The van der Waals surface area contributed by atoms with Crippen LogP contribution in [-0.2, 0) is 14.3 Å². The molecule has 0 aliphatic rings. The standard InChI is InChI=1S/C16H22N2O4/c1-11(2)9-10-13(19)22-14(12-7-5-4-6-8-12)15(20)18-16(21)17-3/h4-8,11,14H,9-10H2,1-3H3,(H2,17,18,20,21)/t14-/m0/s1. The third-order valence-electron chi connectivity index (χ3n) is 2.98. The van der Waals surface area contributed by atoms with Crippen LogP contribution in [0.3, 0.4) is 0 Å². The van der Waals surface area contributed by atoms with Crippen molar-refractivity contribution >= 4 is 17.9 Å². The summed E-state index contributed by atoms with van der Waals surface area (Å²) in [5, 5.41) is 4.42. The molecule has 0 aliphatic heterocycles. The van der Waals surface area contributed by atoms with Crippen molar-refractivity contribution in [3.8, 4) is 0 Å². The van der Waals surface area contributed by atoms with Gasteiger partial charge in [0.15, 0.2) is 0 Å². The lowest BCUT2D eigenvalue weighted by molar-refractivity contribution is -0.156. The number of carbonyl (C=O) groups excluding carboxylic acids is 3. The zero-order chi connectivity index (χ0) is 16.5. The molecular formula is C16H22N2O4. The van der Waals surface area contributed by atoms with Gasteiger partial charge in [0.25, 0.3) is 5.91 Å². The molecule has 6 nitrogen and oxygen atoms in total. The normalized spacial score (nSPS) is 11.6. The fourth-order valence-corrected chi connectivity index (χ4v) is 1.74. The number of amides is 3. The molecule has 0 aliphatic carbocycles. The van der Waals surface area contributed by atoms with E-state index in [1.54, 1.807) is 30.3 Å². The molecule has 1 aromatic carbocycles. The number of esters is 1. The number of carbonyl (C=O) groups is 3. The maximum Gasteiger partial charge on any atom is 0.321 e. The zero-order valence-electron chi connectivity index (χ0n) is 13.1. The van der Waals surface area contributed by atoms with Gasteiger partial charge in [-0.15, -0.1) is 0 Å². The summed E-state index contributed by atoms with van der Waals surface area (Å²) in [5.41, 5.74) is 0.516. The van der Waals surface area contributed by atoms with Crippen molar-refractivity contribution in [1.82, 2.24) is 10.6 Å². The topological polar surface area (TPSA) is 84.5 Å². The molecular weight excluding hydrogens is 284 g/mol. The van der Waals surface area contributed by atoms with Crippen LogP contribution in [0.2, 0.25) is 0 Å². The molecule has 1 atom stereocenters. The Hall–Kier alpha value is -2.37. The maximum atomic E-state index is 12.1. The van der Waals surface area contributed by atoms with Crippen molar-refractivity contribution in [2.24, 2.45) is 5.92 Å². The number of hydrogen-bond donors (Lipinski definition) is 2. The van der Waals surface area contributed by atoms with E-state index >= 15 is 0 Å². The Balaban J connectivity index is 2.81. The average Bonchev–Trinajstić information content (AvgIpc) is 2.51. The third-order valence-corrected chi connectivity index (χ3v) is 2.98. The van der Waals surface area contributed by atoms with Gasteiger partial charge in [-0.1, -0.05) is 44.2 Å². The van der Waals surface area contributed by atoms with E-state index in [0.717, 1.165) is 0 Å². The summed E-state index contributed by atoms with van der Waals surface area (Å²) in [6, 6.07) is 7.95. The van der Waals surface area contributed by atoms with E-state index in [2.05, 4.69) is 10.6 Å². The highest BCUT2D eigenvalue weighted by atomic mass is 16.5. The first kappa shape index (κ1) is 17.7. The first-order valence-electron chi connectivity index (χ1n) is 7.21. The fraction of sp³-hybridized carbons (Fsp3) is 0.438. The summed E-state index contributed by atoms with van der Waals surface area (Å²) in [5.74, 6) is -0.777. The molecule has 0 aromatic heterocycles. The van der Waals surface area contributed by atoms with E-state index in [0.29, 0.717) is 17.9 Å². The van der Waals surface area contributed by atoms with Crippen LogP contribution >= 0.6 is 0 Å². The lowest BCUT2D eigenvalue weighted by atomic mass is 10.1. The monoisotopic (exact) mass is 306 g/mol. The van der Waals surface area contributed by atoms with Gasteiger partial charge in [0, 0.05) is 19.0 Å². The first-order chi connectivity index (χ1) is 10.4. The zero-order valence-corrected chi connectivity index (χ0v) is 13.1. The van der Waals surface area contributed by atoms with Crippen molar-refractivity contribution in [3.05, 3.63) is 35.9 Å². The van der Waals surface area contributed by atoms with Crippen LogP contribution < -0.4 is 10.6 Å². The quantitative estimate of drug-likeness (QED) is 0.789. The molecule has 0 unspecified atom stereocenters. The van der Waals surface area contributed by atoms with Crippen molar-refractivity contribution in [3.63, 3.8) is 0 Å². The summed E-state index contributed by atoms with van der Waals surface area (Å²) >= 11 is 0. The minimum Gasteiger partial charge on any atom is -0.447 e. The van der Waals surface area contributed by atoms with Gasteiger partial charge in [-0.2, -0.15) is 0 Å². The Morgan fingerprint density at radius 3 is 2.32 bits per heavy atom. The van der Waals surface area contributed by atoms with E-state index in [1.807, 2.05) is 13.8 Å². The molecule has 120 valence electrons. The summed E-state index contributed by atoms with van der Waals surface area (Å²) < 4.78 is 5.26. The van der Waals surface area contributed by atoms with Crippen LogP contribution in [-0.4, -0.2) is 25.0 Å². The van der Waals surface area contributed by atoms with Crippen molar-refractivity contribution in [2.45, 2.75) is 32.8 Å². The van der Waals surface area contributed by atoms with Crippen LogP contribution in [0.4, 0.5) is 4.79 Å². The van der Waals surface area contributed by atoms with Crippen molar-refractivity contribution < 1.29 is 19.1 Å². The van der Waals surface area contributed by atoms with Crippen LogP contribution in [0, 0.1) is 5.92 Å². The number of benzene rings is 1. The Bertz CT molecular complexity index is 514. The summed E-state index contributed by atoms with van der Waals surface area (Å²) in [7, 11) is 1.40. The van der Waals surface area contributed by atoms with Gasteiger partial charge in [-0.3, -0.25) is 14.9 Å². The van der Waals surface area contributed by atoms with E-state index in [-0.39, 0.29) is 6.42 Å². The van der Waals surface area contributed by atoms with E-state index in [1.165, 1.54) is 7.05 Å². The number of ether oxygens (including phenoxy) is 1. The van der Waals surface area contributed by atoms with Gasteiger partial charge in [0.05, 0.1) is 0 Å². The molecule has 3 amide bonds. The van der Waals surface area contributed by atoms with E-state index < -0.39 is 24.0 Å². The second-order valence-corrected chi connectivity index (χ2v) is 5.28. The van der Waals surface area contributed by atoms with Crippen LogP contribution in [0.25, 0.3) is 0 Å². The predicted molar refractivity (Wildman–Crippen MR) is 81.9 cm³/mol. The number of hydrogen-bond acceptors (Lipinski definition) is 4. The molecule has 0 radical (unpaired) electrons. The highest BCUT2D eigenvalue weighted by Gasteiger charge is 2.26. The van der Waals surface area contributed by atoms with Crippen LogP contribution in [0.15, 0.2) is 30.3 Å². The number of rotatable bonds is 6. The molecule has 22 heavy (non-hydrogen) atoms. The second kappa shape index (κ2) is 8.81. The summed E-state index contributed by atoms with van der Waals surface area (Å²) in [4.78, 5) is 35.3. The molecule has 6 heteroatoms. The minimum atomic E-state index is -1.14. The van der Waals surface area contributed by atoms with Gasteiger partial charge in [-0.05, 0) is 12.3 Å². The van der Waals surface area contributed by atoms with Crippen molar-refractivity contribution in [1.29, 1.82) is 0 Å². The molecule has 1 rings (SSSR count). The van der Waals surface area contributed by atoms with Gasteiger partial charge in [0.2, 0.25) is 6.10 Å². The lowest BCUT2D eigenvalue weighted by Crippen LogP contribution is -2.41. The summed E-state index contributed by atoms with van der Waals surface area (Å²) in [6.45, 7) is 4.00. The van der Waals surface area contributed by atoms with Gasteiger partial charge in [0.1, 0.15) is 0 Å². The first-order valence-corrected chi connectivity index (χ1v) is 7.21. The predicted octanol–water partition coefficient (Wildman–Crippen LogP) is 2.16. The smallest absolute Gasteiger partial charge is 0.321 e. The maximum absolute atomic E-state index is 12.1. The van der Waals surface area contributed by atoms with Gasteiger partial charge >= 0.3 is 12.0 Å². The fourth-order valence-electron chi connectivity index (χ4n) is 1.74. The molecule has 0 bridgehead atoms. The molecule has 2 N–H and O–H groups in total. The molecule has 0 fully saturated rings. The van der Waals surface area contributed by atoms with Gasteiger partial charge in [-0.25, -0.2) is 4.79 Å². The van der Waals surface area contributed by atoms with E-state index in [4.69, 9.17) is 4.74 Å². The Kier molecular flexibility index (Phi) is 7.08. The Labute approximate surface area is 130 Å². The second-order valence-electron chi connectivity index (χ2n) is 5.28. The number of nitrogens with one attached hydrogen (secondary N) is 2. The van der Waals surface area contributed by atoms with Gasteiger partial charge < -0.3 is 10.1 Å². The highest BCUT2D eigenvalue weighted by molar-refractivity contribution is 5.97. The molecule has 1 aromatic rings. The summed E-state index contributed by atoms with van der Waals surface area (Å²) in [6.07, 6.45) is -0.232. The lowest BCUT2D eigenvalue weighted by Gasteiger charge is -2.17. The highest BCUT2D eigenvalue weighted by Crippen LogP contribution is 2.19. The molecule has 0 saturated heterocycles. The Morgan fingerprint density at radius 2 is 1.77 bits per heavy atom. The largest absolute Gasteiger partial charge is 0.447 e. The number of imide groups is 1. The van der Waals surface area contributed by atoms with Crippen LogP contribution in [0.1, 0.15) is 38.4 Å². The molecule has 0 saturated carbocycles. The molecule has 0 spiro atoms. The Morgan fingerprint density at radius 1 is 1.14 bits per heavy atom. The minimum absolute atomic E-state index is 0.230. The number of urea groups is 1. The molecule has 0 heterocycles. The third kappa shape index (κ3) is 5.95. The van der Waals surface area contributed by atoms with Crippen LogP contribution in [0.5, 0.6) is 0 Å².